The Morgan fingerprint density at radius 3 is 2.43 bits per heavy atom. The number of carbonyl (C=O) groups excluding carboxylic acids is 1. The van der Waals surface area contributed by atoms with Gasteiger partial charge in [-0.1, -0.05) is 0 Å². The molecule has 0 bridgehead atoms. The Bertz CT molecular complexity index is 188. The van der Waals surface area contributed by atoms with Gasteiger partial charge in [-0.3, -0.25) is 4.79 Å². The van der Waals surface area contributed by atoms with Crippen LogP contribution in [0.5, 0.6) is 0 Å². The smallest absolute Gasteiger partial charge is 0.326 e. The molecule has 0 aliphatic heterocycles. The number of hydrogen-bond donors (Lipinski definition) is 2. The second-order valence-corrected chi connectivity index (χ2v) is 3.83. The standard InChI is InChI=1S/C9H19NO4/c1-6(5-13-4)14-8(11)7(10)9(2,3)12/h6-7,12H,5,10H2,1-4H3/t6-,7?/m0/s1. The molecular formula is C9H19NO4. The van der Waals surface area contributed by atoms with Crippen molar-refractivity contribution in [1.82, 2.24) is 0 Å². The van der Waals surface area contributed by atoms with E-state index in [0.717, 1.165) is 0 Å². The van der Waals surface area contributed by atoms with Gasteiger partial charge in [0.1, 0.15) is 12.1 Å². The van der Waals surface area contributed by atoms with Gasteiger partial charge in [-0.2, -0.15) is 0 Å². The highest BCUT2D eigenvalue weighted by Gasteiger charge is 2.31. The first kappa shape index (κ1) is 13.4. The molecule has 14 heavy (non-hydrogen) atoms. The first-order chi connectivity index (χ1) is 6.29. The van der Waals surface area contributed by atoms with E-state index in [1.165, 1.54) is 21.0 Å². The second-order valence-electron chi connectivity index (χ2n) is 3.83. The number of rotatable bonds is 5. The van der Waals surface area contributed by atoms with Gasteiger partial charge in [0.15, 0.2) is 0 Å². The van der Waals surface area contributed by atoms with E-state index in [0.29, 0.717) is 6.61 Å². The van der Waals surface area contributed by atoms with Crippen LogP contribution in [0.1, 0.15) is 20.8 Å². The second kappa shape index (κ2) is 5.29. The number of ether oxygens (including phenoxy) is 2. The highest BCUT2D eigenvalue weighted by Crippen LogP contribution is 2.08. The highest BCUT2D eigenvalue weighted by molar-refractivity contribution is 5.77. The molecule has 0 heterocycles. The van der Waals surface area contributed by atoms with Crippen LogP contribution < -0.4 is 5.73 Å². The molecular weight excluding hydrogens is 186 g/mol. The molecule has 0 aromatic rings. The summed E-state index contributed by atoms with van der Waals surface area (Å²) >= 11 is 0. The van der Waals surface area contributed by atoms with Crippen molar-refractivity contribution in [2.24, 2.45) is 5.73 Å². The molecule has 0 aromatic heterocycles. The number of carbonyl (C=O) groups is 1. The van der Waals surface area contributed by atoms with Crippen LogP contribution in [0.2, 0.25) is 0 Å². The summed E-state index contributed by atoms with van der Waals surface area (Å²) < 4.78 is 9.72. The monoisotopic (exact) mass is 205 g/mol. The SMILES string of the molecule is COC[C@H](C)OC(=O)C(N)C(C)(C)O. The van der Waals surface area contributed by atoms with Crippen LogP contribution in [-0.4, -0.2) is 42.5 Å². The van der Waals surface area contributed by atoms with Crippen molar-refractivity contribution >= 4 is 5.97 Å². The average Bonchev–Trinajstić information content (AvgIpc) is 2.01. The minimum atomic E-state index is -1.27. The lowest BCUT2D eigenvalue weighted by atomic mass is 10.0. The summed E-state index contributed by atoms with van der Waals surface area (Å²) in [6.45, 7) is 4.92. The summed E-state index contributed by atoms with van der Waals surface area (Å²) in [5.41, 5.74) is 4.20. The van der Waals surface area contributed by atoms with Crippen LogP contribution in [-0.2, 0) is 14.3 Å². The van der Waals surface area contributed by atoms with Crippen LogP contribution >= 0.6 is 0 Å². The quantitative estimate of drug-likeness (QED) is 0.600. The third-order valence-electron chi connectivity index (χ3n) is 1.73. The Hall–Kier alpha value is -0.650. The Labute approximate surface area is 84.2 Å². The molecule has 0 aliphatic carbocycles. The molecule has 3 N–H and O–H groups in total. The fourth-order valence-corrected chi connectivity index (χ4v) is 0.829. The number of aliphatic hydroxyl groups is 1. The number of methoxy groups -OCH3 is 1. The summed E-state index contributed by atoms with van der Waals surface area (Å²) in [5, 5.41) is 9.44. The first-order valence-electron chi connectivity index (χ1n) is 4.46. The van der Waals surface area contributed by atoms with Gasteiger partial charge in [0.25, 0.3) is 0 Å². The molecule has 2 atom stereocenters. The maximum absolute atomic E-state index is 11.3. The zero-order valence-electron chi connectivity index (χ0n) is 9.11. The van der Waals surface area contributed by atoms with E-state index >= 15 is 0 Å². The molecule has 1 unspecified atom stereocenters. The molecule has 5 heteroatoms. The van der Waals surface area contributed by atoms with Crippen LogP contribution in [0.3, 0.4) is 0 Å². The first-order valence-corrected chi connectivity index (χ1v) is 4.46. The molecule has 0 aliphatic rings. The minimum Gasteiger partial charge on any atom is -0.459 e. The minimum absolute atomic E-state index is 0.310. The molecule has 0 aromatic carbocycles. The Balaban J connectivity index is 4.08. The van der Waals surface area contributed by atoms with Crippen molar-refractivity contribution in [2.45, 2.75) is 38.5 Å². The normalized spacial score (nSPS) is 16.1. The van der Waals surface area contributed by atoms with E-state index in [-0.39, 0.29) is 6.10 Å². The van der Waals surface area contributed by atoms with Crippen molar-refractivity contribution in [1.29, 1.82) is 0 Å². The van der Waals surface area contributed by atoms with Crippen LogP contribution in [0.4, 0.5) is 0 Å². The summed E-state index contributed by atoms with van der Waals surface area (Å²) in [6.07, 6.45) is -0.360. The van der Waals surface area contributed by atoms with E-state index in [9.17, 15) is 9.90 Å². The Kier molecular flexibility index (Phi) is 5.04. The van der Waals surface area contributed by atoms with Gasteiger partial charge in [0.2, 0.25) is 0 Å². The molecule has 0 fully saturated rings. The van der Waals surface area contributed by atoms with E-state index in [1.54, 1.807) is 6.92 Å². The lowest BCUT2D eigenvalue weighted by Gasteiger charge is -2.25. The Morgan fingerprint density at radius 2 is 2.07 bits per heavy atom. The molecule has 0 spiro atoms. The number of hydrogen-bond acceptors (Lipinski definition) is 5. The van der Waals surface area contributed by atoms with Gasteiger partial charge >= 0.3 is 5.97 Å². The molecule has 0 saturated heterocycles. The zero-order chi connectivity index (χ0) is 11.4. The van der Waals surface area contributed by atoms with Crippen molar-refractivity contribution in [3.8, 4) is 0 Å². The topological polar surface area (TPSA) is 81.8 Å². The van der Waals surface area contributed by atoms with Gasteiger partial charge in [0.05, 0.1) is 12.2 Å². The van der Waals surface area contributed by atoms with Gasteiger partial charge in [-0.25, -0.2) is 0 Å². The van der Waals surface area contributed by atoms with Gasteiger partial charge in [-0.05, 0) is 20.8 Å². The summed E-state index contributed by atoms with van der Waals surface area (Å²) in [6, 6.07) is -1.04. The summed E-state index contributed by atoms with van der Waals surface area (Å²) in [5.74, 6) is -0.623. The molecule has 0 saturated carbocycles. The van der Waals surface area contributed by atoms with E-state index in [1.807, 2.05) is 0 Å². The zero-order valence-corrected chi connectivity index (χ0v) is 9.11. The fourth-order valence-electron chi connectivity index (χ4n) is 0.829. The number of esters is 1. The summed E-state index contributed by atoms with van der Waals surface area (Å²) in [4.78, 5) is 11.3. The van der Waals surface area contributed by atoms with Crippen molar-refractivity contribution in [2.75, 3.05) is 13.7 Å². The maximum atomic E-state index is 11.3. The largest absolute Gasteiger partial charge is 0.459 e. The summed E-state index contributed by atoms with van der Waals surface area (Å²) in [7, 11) is 1.51. The average molecular weight is 205 g/mol. The lowest BCUT2D eigenvalue weighted by Crippen LogP contribution is -2.50. The van der Waals surface area contributed by atoms with Crippen molar-refractivity contribution in [3.05, 3.63) is 0 Å². The van der Waals surface area contributed by atoms with Gasteiger partial charge < -0.3 is 20.3 Å². The van der Waals surface area contributed by atoms with Gasteiger partial charge in [0, 0.05) is 7.11 Å². The van der Waals surface area contributed by atoms with Crippen LogP contribution in [0, 0.1) is 0 Å². The fraction of sp³-hybridized carbons (Fsp3) is 0.889. The van der Waals surface area contributed by atoms with E-state index < -0.39 is 17.6 Å². The van der Waals surface area contributed by atoms with Crippen LogP contribution in [0.25, 0.3) is 0 Å². The molecule has 0 rings (SSSR count). The third-order valence-corrected chi connectivity index (χ3v) is 1.73. The Morgan fingerprint density at radius 1 is 1.57 bits per heavy atom. The molecule has 0 amide bonds. The molecule has 0 radical (unpaired) electrons. The van der Waals surface area contributed by atoms with Gasteiger partial charge in [-0.15, -0.1) is 0 Å². The van der Waals surface area contributed by atoms with Crippen molar-refractivity contribution < 1.29 is 19.4 Å². The molecule has 5 nitrogen and oxygen atoms in total. The lowest BCUT2D eigenvalue weighted by molar-refractivity contribution is -0.157. The van der Waals surface area contributed by atoms with Crippen molar-refractivity contribution in [3.63, 3.8) is 0 Å². The van der Waals surface area contributed by atoms with Crippen LogP contribution in [0.15, 0.2) is 0 Å². The predicted molar refractivity (Wildman–Crippen MR) is 51.7 cm³/mol. The molecule has 84 valence electrons. The number of nitrogens with two attached hydrogens (primary N) is 1. The highest BCUT2D eigenvalue weighted by atomic mass is 16.6. The van der Waals surface area contributed by atoms with E-state index in [4.69, 9.17) is 15.2 Å². The third kappa shape index (κ3) is 4.55. The van der Waals surface area contributed by atoms with E-state index in [2.05, 4.69) is 0 Å². The maximum Gasteiger partial charge on any atom is 0.326 e. The predicted octanol–water partition coefficient (Wildman–Crippen LogP) is -0.337.